The number of ether oxygens (including phenoxy) is 2. The maximum Gasteiger partial charge on any atom is 0.407 e. The Morgan fingerprint density at radius 1 is 1.03 bits per heavy atom. The molecule has 2 aliphatic rings. The summed E-state index contributed by atoms with van der Waals surface area (Å²) in [6.45, 7) is 9.29. The Labute approximate surface area is 217 Å². The average molecular weight is 525 g/mol. The van der Waals surface area contributed by atoms with Crippen LogP contribution in [-0.2, 0) is 20.9 Å². The molecule has 12 heteroatoms. The first-order chi connectivity index (χ1) is 17.4. The predicted molar refractivity (Wildman–Crippen MR) is 137 cm³/mol. The number of nitrogens with one attached hydrogen (secondary N) is 3. The fraction of sp³-hybridized carbons (Fsp3) is 0.750. The van der Waals surface area contributed by atoms with Crippen LogP contribution in [0.5, 0.6) is 0 Å². The van der Waals surface area contributed by atoms with E-state index in [9.17, 15) is 14.4 Å². The van der Waals surface area contributed by atoms with Gasteiger partial charge in [0.15, 0.2) is 0 Å². The van der Waals surface area contributed by atoms with Crippen molar-refractivity contribution >= 4 is 29.4 Å². The molecule has 2 saturated heterocycles. The summed E-state index contributed by atoms with van der Waals surface area (Å²) in [5.74, 6) is -0.173. The third kappa shape index (κ3) is 9.90. The van der Waals surface area contributed by atoms with E-state index in [1.165, 1.54) is 11.3 Å². The third-order valence-corrected chi connectivity index (χ3v) is 7.21. The van der Waals surface area contributed by atoms with Crippen molar-refractivity contribution in [3.05, 3.63) is 16.6 Å². The molecule has 0 bridgehead atoms. The van der Waals surface area contributed by atoms with Crippen molar-refractivity contribution in [3.8, 4) is 0 Å². The molecule has 1 aromatic heterocycles. The van der Waals surface area contributed by atoms with Crippen LogP contribution in [0.3, 0.4) is 0 Å². The van der Waals surface area contributed by atoms with Gasteiger partial charge in [0, 0.05) is 51.0 Å². The molecular weight excluding hydrogens is 484 g/mol. The summed E-state index contributed by atoms with van der Waals surface area (Å²) in [5, 5.41) is 8.83. The summed E-state index contributed by atoms with van der Waals surface area (Å²) < 4.78 is 10.6. The number of rotatable bonds is 12. The Kier molecular flexibility index (Phi) is 11.7. The quantitative estimate of drug-likeness (QED) is 0.382. The highest BCUT2D eigenvalue weighted by Crippen LogP contribution is 2.10. The van der Waals surface area contributed by atoms with Gasteiger partial charge in [-0.05, 0) is 46.0 Å². The van der Waals surface area contributed by atoms with Crippen LogP contribution in [0.25, 0.3) is 0 Å². The zero-order valence-electron chi connectivity index (χ0n) is 21.4. The first kappa shape index (κ1) is 28.1. The van der Waals surface area contributed by atoms with Crippen molar-refractivity contribution in [1.29, 1.82) is 0 Å². The molecule has 3 unspecified atom stereocenters. The summed E-state index contributed by atoms with van der Waals surface area (Å²) in [6.07, 6.45) is 5.10. The van der Waals surface area contributed by atoms with Gasteiger partial charge in [0.05, 0.1) is 23.6 Å². The number of amides is 4. The smallest absolute Gasteiger partial charge is 0.407 e. The zero-order valence-corrected chi connectivity index (χ0v) is 22.2. The van der Waals surface area contributed by atoms with E-state index in [1.54, 1.807) is 16.6 Å². The SMILES string of the molecule is CC(CCC(C)NC(=O)C(CCN1CCOCC1)NC(=O)N1CCCC1)NC(=O)OCc1cncs1. The van der Waals surface area contributed by atoms with Crippen LogP contribution < -0.4 is 16.0 Å². The average Bonchev–Trinajstić information content (AvgIpc) is 3.59. The van der Waals surface area contributed by atoms with Crippen molar-refractivity contribution < 1.29 is 23.9 Å². The summed E-state index contributed by atoms with van der Waals surface area (Å²) in [4.78, 5) is 46.7. The molecule has 0 saturated carbocycles. The van der Waals surface area contributed by atoms with Crippen LogP contribution in [0.4, 0.5) is 9.59 Å². The van der Waals surface area contributed by atoms with Crippen LogP contribution in [0.15, 0.2) is 11.7 Å². The summed E-state index contributed by atoms with van der Waals surface area (Å²) in [5.41, 5.74) is 1.69. The lowest BCUT2D eigenvalue weighted by atomic mass is 10.1. The molecule has 1 aromatic rings. The molecule has 0 radical (unpaired) electrons. The molecule has 2 fully saturated rings. The fourth-order valence-electron chi connectivity index (χ4n) is 4.25. The minimum absolute atomic E-state index is 0.106. The third-order valence-electron chi connectivity index (χ3n) is 6.46. The van der Waals surface area contributed by atoms with E-state index < -0.39 is 12.1 Å². The second-order valence-electron chi connectivity index (χ2n) is 9.52. The highest BCUT2D eigenvalue weighted by molar-refractivity contribution is 7.09. The number of carbonyl (C=O) groups excluding carboxylic acids is 3. The number of nitrogens with zero attached hydrogens (tertiary/aromatic N) is 3. The fourth-order valence-corrected chi connectivity index (χ4v) is 4.75. The lowest BCUT2D eigenvalue weighted by molar-refractivity contribution is -0.124. The van der Waals surface area contributed by atoms with E-state index >= 15 is 0 Å². The van der Waals surface area contributed by atoms with Crippen LogP contribution in [0.1, 0.15) is 50.8 Å². The lowest BCUT2D eigenvalue weighted by Crippen LogP contribution is -2.53. The number of morpholine rings is 1. The topological polar surface area (TPSA) is 125 Å². The largest absolute Gasteiger partial charge is 0.444 e. The lowest BCUT2D eigenvalue weighted by Gasteiger charge is -2.29. The van der Waals surface area contributed by atoms with E-state index in [0.29, 0.717) is 32.5 Å². The molecule has 3 heterocycles. The number of alkyl carbamates (subject to hydrolysis) is 1. The number of urea groups is 1. The van der Waals surface area contributed by atoms with E-state index in [2.05, 4.69) is 25.8 Å². The van der Waals surface area contributed by atoms with Crippen LogP contribution in [-0.4, -0.2) is 96.9 Å². The molecule has 0 aromatic carbocycles. The molecule has 4 amide bonds. The molecule has 3 atom stereocenters. The van der Waals surface area contributed by atoms with E-state index in [0.717, 1.165) is 50.4 Å². The molecule has 11 nitrogen and oxygen atoms in total. The van der Waals surface area contributed by atoms with Crippen molar-refractivity contribution in [1.82, 2.24) is 30.7 Å². The second-order valence-corrected chi connectivity index (χ2v) is 10.5. The number of hydrogen-bond acceptors (Lipinski definition) is 8. The first-order valence-corrected chi connectivity index (χ1v) is 13.7. The zero-order chi connectivity index (χ0) is 25.8. The standard InChI is InChI=1S/C24H40N6O5S/c1-18(5-6-19(2)27-24(33)35-16-20-15-25-17-36-20)26-22(31)21(7-10-29-11-13-34-14-12-29)28-23(32)30-8-3-4-9-30/h15,17-19,21H,3-14,16H2,1-2H3,(H,26,31)(H,27,33)(H,28,32). The van der Waals surface area contributed by atoms with Gasteiger partial charge in [-0.15, -0.1) is 11.3 Å². The van der Waals surface area contributed by atoms with Crippen LogP contribution >= 0.6 is 11.3 Å². The van der Waals surface area contributed by atoms with Gasteiger partial charge in [0.1, 0.15) is 12.6 Å². The van der Waals surface area contributed by atoms with Gasteiger partial charge in [0.25, 0.3) is 0 Å². The van der Waals surface area contributed by atoms with Crippen molar-refractivity contribution in [2.24, 2.45) is 0 Å². The molecular formula is C24H40N6O5S. The number of thiazole rings is 1. The first-order valence-electron chi connectivity index (χ1n) is 12.9. The maximum atomic E-state index is 13.1. The van der Waals surface area contributed by atoms with E-state index in [4.69, 9.17) is 9.47 Å². The minimum Gasteiger partial charge on any atom is -0.444 e. The second kappa shape index (κ2) is 15.0. The van der Waals surface area contributed by atoms with Gasteiger partial charge < -0.3 is 30.3 Å². The molecule has 0 spiro atoms. The van der Waals surface area contributed by atoms with E-state index in [1.807, 2.05) is 13.8 Å². The minimum atomic E-state index is -0.597. The van der Waals surface area contributed by atoms with Crippen LogP contribution in [0, 0.1) is 0 Å². The predicted octanol–water partition coefficient (Wildman–Crippen LogP) is 1.94. The Balaban J connectivity index is 1.41. The summed E-state index contributed by atoms with van der Waals surface area (Å²) >= 11 is 1.43. The van der Waals surface area contributed by atoms with Gasteiger partial charge >= 0.3 is 12.1 Å². The normalized spacial score (nSPS) is 18.8. The number of likely N-dealkylation sites (tertiary alicyclic amines) is 1. The Bertz CT molecular complexity index is 814. The van der Waals surface area contributed by atoms with Crippen molar-refractivity contribution in [2.75, 3.05) is 45.9 Å². The van der Waals surface area contributed by atoms with Crippen LogP contribution in [0.2, 0.25) is 0 Å². The summed E-state index contributed by atoms with van der Waals surface area (Å²) in [6, 6.07) is -0.979. The highest BCUT2D eigenvalue weighted by Gasteiger charge is 2.27. The molecule has 2 aliphatic heterocycles. The molecule has 3 N–H and O–H groups in total. The Morgan fingerprint density at radius 2 is 1.72 bits per heavy atom. The maximum absolute atomic E-state index is 13.1. The summed E-state index contributed by atoms with van der Waals surface area (Å²) in [7, 11) is 0. The van der Waals surface area contributed by atoms with Crippen molar-refractivity contribution in [2.45, 2.75) is 70.7 Å². The van der Waals surface area contributed by atoms with E-state index in [-0.39, 0.29) is 30.6 Å². The molecule has 202 valence electrons. The van der Waals surface area contributed by atoms with Gasteiger partial charge in [0.2, 0.25) is 5.91 Å². The highest BCUT2D eigenvalue weighted by atomic mass is 32.1. The number of aromatic nitrogens is 1. The molecule has 36 heavy (non-hydrogen) atoms. The Hall–Kier alpha value is -2.44. The van der Waals surface area contributed by atoms with Gasteiger partial charge in [-0.2, -0.15) is 0 Å². The van der Waals surface area contributed by atoms with Gasteiger partial charge in [-0.1, -0.05) is 0 Å². The molecule has 0 aliphatic carbocycles. The molecule has 3 rings (SSSR count). The van der Waals surface area contributed by atoms with Gasteiger partial charge in [-0.3, -0.25) is 14.7 Å². The monoisotopic (exact) mass is 524 g/mol. The number of hydrogen-bond donors (Lipinski definition) is 3. The number of carbonyl (C=O) groups is 3. The Morgan fingerprint density at radius 3 is 2.39 bits per heavy atom. The van der Waals surface area contributed by atoms with Crippen molar-refractivity contribution in [3.63, 3.8) is 0 Å². The van der Waals surface area contributed by atoms with Gasteiger partial charge in [-0.25, -0.2) is 9.59 Å².